The van der Waals surface area contributed by atoms with Crippen molar-refractivity contribution in [3.05, 3.63) is 71.8 Å². The zero-order valence-corrected chi connectivity index (χ0v) is 11.7. The van der Waals surface area contributed by atoms with E-state index in [1.807, 2.05) is 18.2 Å². The second-order valence-electron chi connectivity index (χ2n) is 4.73. The van der Waals surface area contributed by atoms with Crippen molar-refractivity contribution in [2.24, 2.45) is 0 Å². The van der Waals surface area contributed by atoms with Crippen LogP contribution in [0.4, 0.5) is 0 Å². The van der Waals surface area contributed by atoms with Crippen LogP contribution in [-0.2, 0) is 11.2 Å². The van der Waals surface area contributed by atoms with Crippen LogP contribution in [0.3, 0.4) is 0 Å². The normalized spacial score (nSPS) is 11.7. The predicted molar refractivity (Wildman–Crippen MR) is 78.9 cm³/mol. The van der Waals surface area contributed by atoms with Crippen LogP contribution in [0.2, 0.25) is 0 Å². The third kappa shape index (κ3) is 3.69. The zero-order valence-electron chi connectivity index (χ0n) is 11.7. The number of hydrogen-bond acceptors (Lipinski definition) is 2. The minimum atomic E-state index is -1.03. The van der Waals surface area contributed by atoms with Gasteiger partial charge in [0.2, 0.25) is 0 Å². The van der Waals surface area contributed by atoms with Crippen LogP contribution >= 0.6 is 0 Å². The second-order valence-corrected chi connectivity index (χ2v) is 4.73. The molecule has 0 aliphatic heterocycles. The first kappa shape index (κ1) is 14.8. The van der Waals surface area contributed by atoms with Crippen molar-refractivity contribution in [2.75, 3.05) is 7.05 Å². The van der Waals surface area contributed by atoms with Crippen LogP contribution in [0.25, 0.3) is 0 Å². The van der Waals surface area contributed by atoms with Crippen molar-refractivity contribution in [3.8, 4) is 0 Å². The molecule has 4 heteroatoms. The van der Waals surface area contributed by atoms with E-state index in [1.165, 1.54) is 11.9 Å². The van der Waals surface area contributed by atoms with Crippen molar-refractivity contribution in [1.29, 1.82) is 0 Å². The van der Waals surface area contributed by atoms with Gasteiger partial charge >= 0.3 is 5.97 Å². The van der Waals surface area contributed by atoms with E-state index in [0.29, 0.717) is 5.56 Å². The number of carboxylic acids is 1. The number of likely N-dealkylation sites (N-methyl/N-ethyl adjacent to an activating group) is 1. The fourth-order valence-corrected chi connectivity index (χ4v) is 2.08. The SMILES string of the molecule is CN(C(=O)c1ccccc1)C(Cc1[c]cccc1)C(=O)O. The van der Waals surface area contributed by atoms with Crippen molar-refractivity contribution in [1.82, 2.24) is 4.90 Å². The number of amides is 1. The lowest BCUT2D eigenvalue weighted by molar-refractivity contribution is -0.141. The van der Waals surface area contributed by atoms with Crippen LogP contribution in [-0.4, -0.2) is 35.0 Å². The molecule has 2 aromatic carbocycles. The summed E-state index contributed by atoms with van der Waals surface area (Å²) in [5.74, 6) is -1.34. The third-order valence-corrected chi connectivity index (χ3v) is 3.28. The van der Waals surface area contributed by atoms with Crippen molar-refractivity contribution in [2.45, 2.75) is 12.5 Å². The van der Waals surface area contributed by atoms with E-state index in [1.54, 1.807) is 36.4 Å². The van der Waals surface area contributed by atoms with Crippen LogP contribution in [0, 0.1) is 6.07 Å². The standard InChI is InChI=1S/C17H16NO3/c1-18(16(19)14-10-6-3-7-11-14)15(17(20)21)12-13-8-4-2-5-9-13/h2-8,10-11,15H,12H2,1H3,(H,20,21). The van der Waals surface area contributed by atoms with Gasteiger partial charge in [0.15, 0.2) is 0 Å². The lowest BCUT2D eigenvalue weighted by Gasteiger charge is -2.25. The van der Waals surface area contributed by atoms with E-state index in [2.05, 4.69) is 6.07 Å². The maximum absolute atomic E-state index is 12.3. The molecule has 0 aliphatic rings. The summed E-state index contributed by atoms with van der Waals surface area (Å²) in [5, 5.41) is 9.39. The van der Waals surface area contributed by atoms with Gasteiger partial charge in [0.25, 0.3) is 5.91 Å². The van der Waals surface area contributed by atoms with E-state index >= 15 is 0 Å². The molecule has 0 aromatic heterocycles. The molecule has 1 unspecified atom stereocenters. The van der Waals surface area contributed by atoms with Crippen LogP contribution in [0.5, 0.6) is 0 Å². The van der Waals surface area contributed by atoms with E-state index in [9.17, 15) is 14.7 Å². The van der Waals surface area contributed by atoms with E-state index < -0.39 is 12.0 Å². The van der Waals surface area contributed by atoms with Crippen LogP contribution < -0.4 is 0 Å². The molecule has 0 heterocycles. The molecule has 4 nitrogen and oxygen atoms in total. The average molecular weight is 282 g/mol. The number of nitrogens with zero attached hydrogens (tertiary/aromatic N) is 1. The van der Waals surface area contributed by atoms with Gasteiger partial charge in [-0.3, -0.25) is 4.79 Å². The molecule has 0 aliphatic carbocycles. The van der Waals surface area contributed by atoms with E-state index in [0.717, 1.165) is 5.56 Å². The van der Waals surface area contributed by atoms with E-state index in [4.69, 9.17) is 0 Å². The smallest absolute Gasteiger partial charge is 0.326 e. The number of carbonyl (C=O) groups excluding carboxylic acids is 1. The minimum Gasteiger partial charge on any atom is -0.480 e. The first-order valence-electron chi connectivity index (χ1n) is 6.60. The highest BCUT2D eigenvalue weighted by Crippen LogP contribution is 2.11. The van der Waals surface area contributed by atoms with Crippen molar-refractivity contribution >= 4 is 11.9 Å². The molecule has 0 spiro atoms. The average Bonchev–Trinajstić information content (AvgIpc) is 2.53. The molecule has 0 saturated heterocycles. The summed E-state index contributed by atoms with van der Waals surface area (Å²) < 4.78 is 0. The summed E-state index contributed by atoms with van der Waals surface area (Å²) >= 11 is 0. The molecule has 21 heavy (non-hydrogen) atoms. The molecule has 2 aromatic rings. The quantitative estimate of drug-likeness (QED) is 0.915. The summed E-state index contributed by atoms with van der Waals surface area (Å²) in [6.45, 7) is 0. The highest BCUT2D eigenvalue weighted by Gasteiger charge is 2.27. The number of carbonyl (C=O) groups is 2. The van der Waals surface area contributed by atoms with Crippen molar-refractivity contribution in [3.63, 3.8) is 0 Å². The first-order valence-corrected chi connectivity index (χ1v) is 6.60. The summed E-state index contributed by atoms with van der Waals surface area (Å²) in [6, 6.07) is 17.9. The summed E-state index contributed by atoms with van der Waals surface area (Å²) in [5.41, 5.74) is 1.24. The highest BCUT2D eigenvalue weighted by molar-refractivity contribution is 5.96. The number of benzene rings is 2. The molecule has 0 saturated carbocycles. The Kier molecular flexibility index (Phi) is 4.72. The molecular weight excluding hydrogens is 266 g/mol. The highest BCUT2D eigenvalue weighted by atomic mass is 16.4. The van der Waals surface area contributed by atoms with Crippen LogP contribution in [0.1, 0.15) is 15.9 Å². The van der Waals surface area contributed by atoms with E-state index in [-0.39, 0.29) is 12.3 Å². The zero-order chi connectivity index (χ0) is 15.2. The molecule has 1 atom stereocenters. The Morgan fingerprint density at radius 2 is 1.81 bits per heavy atom. The number of aliphatic carboxylic acids is 1. The Labute approximate surface area is 123 Å². The number of carboxylic acid groups (broad SMARTS) is 1. The third-order valence-electron chi connectivity index (χ3n) is 3.28. The molecule has 0 fully saturated rings. The second kappa shape index (κ2) is 6.70. The lowest BCUT2D eigenvalue weighted by Crippen LogP contribution is -2.43. The minimum absolute atomic E-state index is 0.227. The maximum atomic E-state index is 12.3. The van der Waals surface area contributed by atoms with Gasteiger partial charge in [-0.05, 0) is 23.8 Å². The predicted octanol–water partition coefficient (Wildman–Crippen LogP) is 2.25. The molecule has 1 N–H and O–H groups in total. The van der Waals surface area contributed by atoms with Gasteiger partial charge in [-0.15, -0.1) is 0 Å². The van der Waals surface area contributed by atoms with Gasteiger partial charge in [0.1, 0.15) is 6.04 Å². The molecule has 1 radical (unpaired) electrons. The van der Waals surface area contributed by atoms with Crippen LogP contribution in [0.15, 0.2) is 54.6 Å². The molecule has 0 bridgehead atoms. The largest absolute Gasteiger partial charge is 0.480 e. The van der Waals surface area contributed by atoms with Gasteiger partial charge in [0.05, 0.1) is 0 Å². The monoisotopic (exact) mass is 282 g/mol. The molecule has 1 amide bonds. The Hall–Kier alpha value is -2.62. The Morgan fingerprint density at radius 3 is 2.38 bits per heavy atom. The molecule has 2 rings (SSSR count). The number of rotatable bonds is 5. The summed E-state index contributed by atoms with van der Waals surface area (Å²) in [4.78, 5) is 25.1. The fraction of sp³-hybridized carbons (Fsp3) is 0.176. The number of hydrogen-bond donors (Lipinski definition) is 1. The van der Waals surface area contributed by atoms with Gasteiger partial charge in [-0.25, -0.2) is 4.79 Å². The van der Waals surface area contributed by atoms with Gasteiger partial charge in [0, 0.05) is 19.0 Å². The van der Waals surface area contributed by atoms with Gasteiger partial charge < -0.3 is 10.0 Å². The topological polar surface area (TPSA) is 57.6 Å². The molecule has 107 valence electrons. The summed E-state index contributed by atoms with van der Waals surface area (Å²) in [6.07, 6.45) is 0.227. The Balaban J connectivity index is 2.18. The van der Waals surface area contributed by atoms with Crippen molar-refractivity contribution < 1.29 is 14.7 Å². The Bertz CT molecular complexity index is 610. The molecular formula is C17H16NO3. The van der Waals surface area contributed by atoms with Gasteiger partial charge in [-0.1, -0.05) is 42.5 Å². The maximum Gasteiger partial charge on any atom is 0.326 e. The Morgan fingerprint density at radius 1 is 1.14 bits per heavy atom. The lowest BCUT2D eigenvalue weighted by atomic mass is 10.0. The fourth-order valence-electron chi connectivity index (χ4n) is 2.08. The van der Waals surface area contributed by atoms with Gasteiger partial charge in [-0.2, -0.15) is 0 Å². The summed E-state index contributed by atoms with van der Waals surface area (Å²) in [7, 11) is 1.51. The first-order chi connectivity index (χ1) is 10.1.